The summed E-state index contributed by atoms with van der Waals surface area (Å²) in [6.07, 6.45) is 1.86. The number of rotatable bonds is 3. The van der Waals surface area contributed by atoms with Gasteiger partial charge in [0.15, 0.2) is 5.82 Å². The zero-order valence-electron chi connectivity index (χ0n) is 9.95. The normalized spacial score (nSPS) is 10.6. The lowest BCUT2D eigenvalue weighted by molar-refractivity contribution is 0.877. The van der Waals surface area contributed by atoms with E-state index in [0.717, 1.165) is 18.5 Å². The van der Waals surface area contributed by atoms with E-state index in [1.54, 1.807) is 12.1 Å². The molecule has 1 aromatic carbocycles. The number of halogens is 2. The van der Waals surface area contributed by atoms with Crippen LogP contribution in [0.3, 0.4) is 0 Å². The van der Waals surface area contributed by atoms with Crippen LogP contribution in [-0.4, -0.2) is 9.97 Å². The van der Waals surface area contributed by atoms with Gasteiger partial charge in [0, 0.05) is 17.3 Å². The third-order valence-corrected chi connectivity index (χ3v) is 3.32. The molecule has 94 valence electrons. The monoisotopic (exact) mass is 281 g/mol. The van der Waals surface area contributed by atoms with E-state index in [9.17, 15) is 0 Å². The van der Waals surface area contributed by atoms with Crippen molar-refractivity contribution in [3.8, 4) is 11.4 Å². The third kappa shape index (κ3) is 2.74. The van der Waals surface area contributed by atoms with Gasteiger partial charge in [0.1, 0.15) is 5.82 Å². The predicted octanol–water partition coefficient (Wildman–Crippen LogP) is 3.99. The Morgan fingerprint density at radius 2 is 2.00 bits per heavy atom. The highest BCUT2D eigenvalue weighted by atomic mass is 35.5. The van der Waals surface area contributed by atoms with Gasteiger partial charge in [-0.25, -0.2) is 9.97 Å². The Hall–Kier alpha value is -1.32. The topological polar surface area (TPSA) is 51.8 Å². The maximum absolute atomic E-state index is 6.16. The predicted molar refractivity (Wildman–Crippen MR) is 75.9 cm³/mol. The van der Waals surface area contributed by atoms with Gasteiger partial charge in [-0.05, 0) is 18.6 Å². The first-order chi connectivity index (χ1) is 8.61. The quantitative estimate of drug-likeness (QED) is 0.926. The molecule has 1 aromatic heterocycles. The molecule has 0 spiro atoms. The molecule has 0 unspecified atom stereocenters. The number of nitrogens with zero attached hydrogens (tertiary/aromatic N) is 2. The Bertz CT molecular complexity index is 570. The van der Waals surface area contributed by atoms with Gasteiger partial charge in [-0.1, -0.05) is 42.6 Å². The first-order valence-electron chi connectivity index (χ1n) is 5.69. The van der Waals surface area contributed by atoms with Crippen molar-refractivity contribution in [2.75, 3.05) is 5.73 Å². The van der Waals surface area contributed by atoms with E-state index in [0.29, 0.717) is 27.3 Å². The lowest BCUT2D eigenvalue weighted by atomic mass is 10.2. The molecule has 5 heteroatoms. The first kappa shape index (κ1) is 13.1. The Morgan fingerprint density at radius 1 is 1.22 bits per heavy atom. The van der Waals surface area contributed by atoms with E-state index in [1.165, 1.54) is 0 Å². The summed E-state index contributed by atoms with van der Waals surface area (Å²) in [5.74, 6) is 0.963. The van der Waals surface area contributed by atoms with Crippen LogP contribution < -0.4 is 5.73 Å². The van der Waals surface area contributed by atoms with Crippen molar-refractivity contribution in [2.45, 2.75) is 19.8 Å². The zero-order chi connectivity index (χ0) is 13.1. The lowest BCUT2D eigenvalue weighted by Crippen LogP contribution is -2.00. The van der Waals surface area contributed by atoms with Crippen molar-refractivity contribution in [1.82, 2.24) is 9.97 Å². The smallest absolute Gasteiger partial charge is 0.163 e. The summed E-state index contributed by atoms with van der Waals surface area (Å²) in [7, 11) is 0. The minimum Gasteiger partial charge on any atom is -0.384 e. The highest BCUT2D eigenvalue weighted by Crippen LogP contribution is 2.32. The summed E-state index contributed by atoms with van der Waals surface area (Å²) in [6.45, 7) is 2.09. The molecule has 0 bridgehead atoms. The lowest BCUT2D eigenvalue weighted by Gasteiger charge is -2.07. The van der Waals surface area contributed by atoms with Gasteiger partial charge in [-0.2, -0.15) is 0 Å². The summed E-state index contributed by atoms with van der Waals surface area (Å²) in [4.78, 5) is 8.67. The van der Waals surface area contributed by atoms with E-state index >= 15 is 0 Å². The number of aryl methyl sites for hydroxylation is 1. The van der Waals surface area contributed by atoms with Crippen LogP contribution in [0.15, 0.2) is 24.3 Å². The van der Waals surface area contributed by atoms with Crippen molar-refractivity contribution >= 4 is 29.0 Å². The second-order valence-corrected chi connectivity index (χ2v) is 4.74. The second-order valence-electron chi connectivity index (χ2n) is 3.96. The molecule has 2 aromatic rings. The molecular weight excluding hydrogens is 269 g/mol. The van der Waals surface area contributed by atoms with Crippen molar-refractivity contribution < 1.29 is 0 Å². The second kappa shape index (κ2) is 5.55. The molecule has 2 rings (SSSR count). The van der Waals surface area contributed by atoms with Crippen LogP contribution in [0, 0.1) is 0 Å². The molecule has 0 saturated carbocycles. The Morgan fingerprint density at radius 3 is 2.72 bits per heavy atom. The molecule has 0 aliphatic rings. The minimum absolute atomic E-state index is 0.444. The summed E-state index contributed by atoms with van der Waals surface area (Å²) >= 11 is 12.1. The van der Waals surface area contributed by atoms with Crippen LogP contribution in [0.4, 0.5) is 5.82 Å². The maximum Gasteiger partial charge on any atom is 0.163 e. The Balaban J connectivity index is 2.53. The number of hydrogen-bond donors (Lipinski definition) is 1. The Kier molecular flexibility index (Phi) is 4.04. The van der Waals surface area contributed by atoms with Gasteiger partial charge in [-0.15, -0.1) is 0 Å². The highest BCUT2D eigenvalue weighted by molar-refractivity contribution is 6.43. The van der Waals surface area contributed by atoms with E-state index in [1.807, 2.05) is 12.1 Å². The van der Waals surface area contributed by atoms with E-state index in [-0.39, 0.29) is 0 Å². The number of benzene rings is 1. The highest BCUT2D eigenvalue weighted by Gasteiger charge is 2.11. The molecule has 0 atom stereocenters. The summed E-state index contributed by atoms with van der Waals surface area (Å²) in [6, 6.07) is 7.16. The van der Waals surface area contributed by atoms with Gasteiger partial charge < -0.3 is 5.73 Å². The number of nitrogen functional groups attached to an aromatic ring is 1. The number of nitrogens with two attached hydrogens (primary N) is 1. The average molecular weight is 282 g/mol. The minimum atomic E-state index is 0.444. The number of aromatic nitrogens is 2. The SMILES string of the molecule is CCCc1cc(N)nc(-c2cccc(Cl)c2Cl)n1. The summed E-state index contributed by atoms with van der Waals surface area (Å²) in [5.41, 5.74) is 7.40. The zero-order valence-corrected chi connectivity index (χ0v) is 11.5. The van der Waals surface area contributed by atoms with Crippen LogP contribution in [0.1, 0.15) is 19.0 Å². The molecule has 0 saturated heterocycles. The van der Waals surface area contributed by atoms with E-state index in [2.05, 4.69) is 16.9 Å². The van der Waals surface area contributed by atoms with Gasteiger partial charge in [0.05, 0.1) is 10.0 Å². The van der Waals surface area contributed by atoms with E-state index < -0.39 is 0 Å². The van der Waals surface area contributed by atoms with Crippen LogP contribution in [0.2, 0.25) is 10.0 Å². The molecule has 1 heterocycles. The molecule has 0 fully saturated rings. The largest absolute Gasteiger partial charge is 0.384 e. The molecule has 0 radical (unpaired) electrons. The summed E-state index contributed by atoms with van der Waals surface area (Å²) in [5, 5.41) is 0.935. The molecule has 3 nitrogen and oxygen atoms in total. The van der Waals surface area contributed by atoms with Gasteiger partial charge in [0.25, 0.3) is 0 Å². The van der Waals surface area contributed by atoms with Crippen molar-refractivity contribution in [1.29, 1.82) is 0 Å². The fourth-order valence-corrected chi connectivity index (χ4v) is 2.08. The van der Waals surface area contributed by atoms with Crippen LogP contribution in [0.25, 0.3) is 11.4 Å². The van der Waals surface area contributed by atoms with Crippen LogP contribution in [0.5, 0.6) is 0 Å². The summed E-state index contributed by atoms with van der Waals surface area (Å²) < 4.78 is 0. The fourth-order valence-electron chi connectivity index (χ4n) is 1.70. The number of anilines is 1. The van der Waals surface area contributed by atoms with Crippen LogP contribution in [-0.2, 0) is 6.42 Å². The average Bonchev–Trinajstić information content (AvgIpc) is 2.32. The molecule has 18 heavy (non-hydrogen) atoms. The van der Waals surface area contributed by atoms with Crippen molar-refractivity contribution in [3.63, 3.8) is 0 Å². The fraction of sp³-hybridized carbons (Fsp3) is 0.231. The van der Waals surface area contributed by atoms with Crippen molar-refractivity contribution in [2.24, 2.45) is 0 Å². The number of hydrogen-bond acceptors (Lipinski definition) is 3. The van der Waals surface area contributed by atoms with Crippen LogP contribution >= 0.6 is 23.2 Å². The molecule has 0 aliphatic heterocycles. The van der Waals surface area contributed by atoms with Gasteiger partial charge >= 0.3 is 0 Å². The third-order valence-electron chi connectivity index (χ3n) is 2.50. The first-order valence-corrected chi connectivity index (χ1v) is 6.45. The Labute approximate surface area is 116 Å². The van der Waals surface area contributed by atoms with Gasteiger partial charge in [-0.3, -0.25) is 0 Å². The molecular formula is C13H13Cl2N3. The standard InChI is InChI=1S/C13H13Cl2N3/c1-2-4-8-7-11(16)18-13(17-8)9-5-3-6-10(14)12(9)15/h3,5-7H,2,4H2,1H3,(H2,16,17,18). The van der Waals surface area contributed by atoms with E-state index in [4.69, 9.17) is 28.9 Å². The molecule has 0 amide bonds. The molecule has 2 N–H and O–H groups in total. The van der Waals surface area contributed by atoms with Gasteiger partial charge in [0.2, 0.25) is 0 Å². The molecule has 0 aliphatic carbocycles. The maximum atomic E-state index is 6.16. The van der Waals surface area contributed by atoms with Crippen molar-refractivity contribution in [3.05, 3.63) is 40.0 Å².